The Morgan fingerprint density at radius 3 is 2.41 bits per heavy atom. The Labute approximate surface area is 188 Å². The van der Waals surface area contributed by atoms with Crippen LogP contribution in [-0.4, -0.2) is 78.4 Å². The Kier molecular flexibility index (Phi) is 9.13. The van der Waals surface area contributed by atoms with Gasteiger partial charge in [-0.25, -0.2) is 4.79 Å². The Morgan fingerprint density at radius 2 is 1.84 bits per heavy atom. The van der Waals surface area contributed by atoms with Gasteiger partial charge in [0.25, 0.3) is 11.8 Å². The van der Waals surface area contributed by atoms with Crippen molar-refractivity contribution in [1.29, 1.82) is 0 Å². The van der Waals surface area contributed by atoms with E-state index in [1.165, 1.54) is 19.5 Å². The van der Waals surface area contributed by atoms with Crippen LogP contribution >= 0.6 is 0 Å². The van der Waals surface area contributed by atoms with Gasteiger partial charge in [-0.3, -0.25) is 19.4 Å². The van der Waals surface area contributed by atoms with Gasteiger partial charge in [-0.05, 0) is 37.8 Å². The zero-order chi connectivity index (χ0) is 23.8. The molecule has 0 bridgehead atoms. The highest BCUT2D eigenvalue weighted by Crippen LogP contribution is 2.20. The van der Waals surface area contributed by atoms with Gasteiger partial charge in [0.05, 0.1) is 14.2 Å². The van der Waals surface area contributed by atoms with Crippen molar-refractivity contribution in [1.82, 2.24) is 20.5 Å². The molecule has 32 heavy (non-hydrogen) atoms. The minimum Gasteiger partial charge on any atom is -0.467 e. The van der Waals surface area contributed by atoms with Crippen LogP contribution in [0.2, 0.25) is 0 Å². The largest absolute Gasteiger partial charge is 0.467 e. The van der Waals surface area contributed by atoms with Crippen molar-refractivity contribution >= 4 is 23.7 Å². The number of nitrogens with zero attached hydrogens (tertiary/aromatic N) is 2. The first-order valence-electron chi connectivity index (χ1n) is 10.9. The summed E-state index contributed by atoms with van der Waals surface area (Å²) in [6.45, 7) is 5.70. The molecule has 1 aliphatic heterocycles. The average molecular weight is 449 g/mol. The van der Waals surface area contributed by atoms with E-state index < -0.39 is 24.0 Å². The molecule has 1 fully saturated rings. The number of ether oxygens (including phenoxy) is 1. The third kappa shape index (κ3) is 6.25. The molecule has 0 unspecified atom stereocenters. The van der Waals surface area contributed by atoms with Gasteiger partial charge in [0.15, 0.2) is 6.04 Å². The van der Waals surface area contributed by atoms with E-state index in [0.29, 0.717) is 18.5 Å². The highest BCUT2D eigenvalue weighted by Gasteiger charge is 2.40. The molecule has 176 valence electrons. The highest BCUT2D eigenvalue weighted by molar-refractivity contribution is 5.95. The lowest BCUT2D eigenvalue weighted by molar-refractivity contribution is -0.647. The van der Waals surface area contributed by atoms with Crippen molar-refractivity contribution < 1.29 is 29.2 Å². The third-order valence-electron chi connectivity index (χ3n) is 5.77. The van der Waals surface area contributed by atoms with Crippen LogP contribution in [0.4, 0.5) is 0 Å². The van der Waals surface area contributed by atoms with Crippen molar-refractivity contribution in [3.63, 3.8) is 0 Å². The number of nitrogens with two attached hydrogens (primary N) is 1. The number of quaternary nitrogens is 1. The molecule has 1 aliphatic rings. The molecular formula is C22H34N5O5+. The van der Waals surface area contributed by atoms with Gasteiger partial charge in [0.1, 0.15) is 12.1 Å². The van der Waals surface area contributed by atoms with Crippen LogP contribution in [0.3, 0.4) is 0 Å². The summed E-state index contributed by atoms with van der Waals surface area (Å²) in [5.41, 5.74) is 0.472. The van der Waals surface area contributed by atoms with Crippen molar-refractivity contribution in [2.45, 2.75) is 57.8 Å². The number of likely N-dealkylation sites (N-methyl/N-ethyl adjacent to an activating group) is 1. The molecular weight excluding hydrogens is 414 g/mol. The molecule has 0 saturated carbocycles. The smallest absolute Gasteiger partial charge is 0.328 e. The van der Waals surface area contributed by atoms with Gasteiger partial charge in [-0.1, -0.05) is 13.8 Å². The van der Waals surface area contributed by atoms with Crippen LogP contribution in [0, 0.1) is 5.92 Å². The second-order valence-corrected chi connectivity index (χ2v) is 8.35. The summed E-state index contributed by atoms with van der Waals surface area (Å²) in [4.78, 5) is 56.3. The van der Waals surface area contributed by atoms with Gasteiger partial charge in [0.2, 0.25) is 5.91 Å². The first-order chi connectivity index (χ1) is 15.2. The summed E-state index contributed by atoms with van der Waals surface area (Å²) < 4.78 is 4.81. The number of nitrogens with one attached hydrogen (secondary N) is 2. The molecule has 0 spiro atoms. The number of aromatic nitrogens is 1. The Morgan fingerprint density at radius 1 is 1.19 bits per heavy atom. The average Bonchev–Trinajstić information content (AvgIpc) is 2.81. The molecule has 2 heterocycles. The van der Waals surface area contributed by atoms with E-state index in [9.17, 15) is 19.2 Å². The zero-order valence-electron chi connectivity index (χ0n) is 19.3. The predicted octanol–water partition coefficient (Wildman–Crippen LogP) is -0.933. The molecule has 4 atom stereocenters. The minimum atomic E-state index is -0.827. The molecule has 1 aromatic heterocycles. The molecule has 0 aliphatic carbocycles. The zero-order valence-corrected chi connectivity index (χ0v) is 19.3. The molecule has 1 saturated heterocycles. The van der Waals surface area contributed by atoms with Gasteiger partial charge in [0, 0.05) is 30.5 Å². The summed E-state index contributed by atoms with van der Waals surface area (Å²) in [6, 6.07) is 0.932. The lowest BCUT2D eigenvalue weighted by Crippen LogP contribution is -2.88. The van der Waals surface area contributed by atoms with Crippen LogP contribution < -0.4 is 16.0 Å². The second kappa shape index (κ2) is 11.6. The number of rotatable bonds is 8. The Bertz CT molecular complexity index is 816. The van der Waals surface area contributed by atoms with Crippen LogP contribution in [0.1, 0.15) is 44.0 Å². The molecule has 10 heteroatoms. The summed E-state index contributed by atoms with van der Waals surface area (Å²) in [6.07, 6.45) is 3.84. The lowest BCUT2D eigenvalue weighted by atomic mass is 9.94. The van der Waals surface area contributed by atoms with E-state index in [4.69, 9.17) is 4.74 Å². The normalized spacial score (nSPS) is 20.2. The summed E-state index contributed by atoms with van der Waals surface area (Å²) in [5, 5.41) is 7.47. The van der Waals surface area contributed by atoms with Crippen LogP contribution in [0.25, 0.3) is 0 Å². The topological polar surface area (TPSA) is 134 Å². The number of hydrogen-bond acceptors (Lipinski definition) is 6. The molecule has 3 amide bonds. The van der Waals surface area contributed by atoms with Crippen molar-refractivity contribution in [3.8, 4) is 0 Å². The van der Waals surface area contributed by atoms with Crippen LogP contribution in [0.15, 0.2) is 24.5 Å². The van der Waals surface area contributed by atoms with E-state index in [-0.39, 0.29) is 36.2 Å². The third-order valence-corrected chi connectivity index (χ3v) is 5.77. The number of pyridine rings is 1. The van der Waals surface area contributed by atoms with Gasteiger partial charge >= 0.3 is 5.97 Å². The molecule has 0 aromatic carbocycles. The van der Waals surface area contributed by atoms with Gasteiger partial charge in [-0.2, -0.15) is 0 Å². The number of esters is 1. The number of piperidine rings is 1. The first-order valence-corrected chi connectivity index (χ1v) is 10.9. The van der Waals surface area contributed by atoms with E-state index in [0.717, 1.165) is 0 Å². The number of hydrogen-bond donors (Lipinski definition) is 3. The standard InChI is InChI=1S/C22H33N5O5/c1-13(2)18(22(31)32-5)26-20(29)17-12-16(8-11-27(17)21(30)14(3)23-4)25-19(28)15-6-9-24-10-7-15/h6-7,9-10,13-14,16-18,23H,8,11-12H2,1-5H3,(H,25,28)(H,26,29)/p+1/t14-,16-,17-,18+/m0/s1. The number of amides is 3. The number of likely N-dealkylation sites (tertiary alicyclic amines) is 1. The molecule has 0 radical (unpaired) electrons. The van der Waals surface area contributed by atoms with E-state index in [2.05, 4.69) is 15.6 Å². The molecule has 1 aromatic rings. The van der Waals surface area contributed by atoms with Crippen LogP contribution in [0.5, 0.6) is 0 Å². The van der Waals surface area contributed by atoms with E-state index in [1.807, 2.05) is 0 Å². The van der Waals surface area contributed by atoms with Gasteiger partial charge in [-0.15, -0.1) is 0 Å². The Hall–Kier alpha value is -3.01. The highest BCUT2D eigenvalue weighted by atomic mass is 16.5. The van der Waals surface area contributed by atoms with E-state index >= 15 is 0 Å². The predicted molar refractivity (Wildman–Crippen MR) is 116 cm³/mol. The first kappa shape index (κ1) is 25.3. The van der Waals surface area contributed by atoms with Crippen LogP contribution in [-0.2, 0) is 19.1 Å². The van der Waals surface area contributed by atoms with Gasteiger partial charge < -0.3 is 25.6 Å². The molecule has 4 N–H and O–H groups in total. The van der Waals surface area contributed by atoms with E-state index in [1.54, 1.807) is 50.2 Å². The molecule has 10 nitrogen and oxygen atoms in total. The monoisotopic (exact) mass is 448 g/mol. The fourth-order valence-corrected chi connectivity index (χ4v) is 3.66. The summed E-state index contributed by atoms with van der Waals surface area (Å²) >= 11 is 0. The fraction of sp³-hybridized carbons (Fsp3) is 0.591. The number of carbonyl (C=O) groups is 4. The van der Waals surface area contributed by atoms with Crippen molar-refractivity contribution in [2.75, 3.05) is 20.7 Å². The molecule has 2 rings (SSSR count). The number of methoxy groups -OCH3 is 1. The fourth-order valence-electron chi connectivity index (χ4n) is 3.66. The van der Waals surface area contributed by atoms with Crippen molar-refractivity contribution in [3.05, 3.63) is 30.1 Å². The minimum absolute atomic E-state index is 0.161. The summed E-state index contributed by atoms with van der Waals surface area (Å²) in [7, 11) is 3.06. The second-order valence-electron chi connectivity index (χ2n) is 8.35. The lowest BCUT2D eigenvalue weighted by Gasteiger charge is -2.39. The maximum atomic E-state index is 13.2. The van der Waals surface area contributed by atoms with Crippen molar-refractivity contribution in [2.24, 2.45) is 5.92 Å². The Balaban J connectivity index is 2.20. The maximum absolute atomic E-state index is 13.2. The SMILES string of the molecule is C[NH2+][C@@H](C)C(=O)N1CC[C@H](NC(=O)c2ccncc2)C[C@H]1C(=O)N[C@@H](C(=O)OC)C(C)C. The summed E-state index contributed by atoms with van der Waals surface area (Å²) in [5.74, 6) is -1.59. The maximum Gasteiger partial charge on any atom is 0.328 e. The quantitative estimate of drug-likeness (QED) is 0.440. The number of carbonyl (C=O) groups excluding carboxylic acids is 4.